The molecule has 0 radical (unpaired) electrons. The number of anilines is 1. The van der Waals surface area contributed by atoms with Crippen molar-refractivity contribution < 1.29 is 27.5 Å². The van der Waals surface area contributed by atoms with Crippen LogP contribution in [0, 0.1) is 13.8 Å². The highest BCUT2D eigenvalue weighted by molar-refractivity contribution is 7.89. The van der Waals surface area contributed by atoms with Crippen LogP contribution in [0.4, 0.5) is 10.5 Å². The molecule has 0 saturated carbocycles. The molecular formula is C25H24N4O6S. The van der Waals surface area contributed by atoms with Gasteiger partial charge in [-0.2, -0.15) is 0 Å². The second-order valence-electron chi connectivity index (χ2n) is 8.09. The topological polar surface area (TPSA) is 141 Å². The summed E-state index contributed by atoms with van der Waals surface area (Å²) >= 11 is 0. The number of aromatic nitrogens is 1. The fourth-order valence-corrected chi connectivity index (χ4v) is 4.56. The number of aryl methyl sites for hydroxylation is 1. The number of amides is 4. The van der Waals surface area contributed by atoms with Crippen LogP contribution >= 0.6 is 0 Å². The smallest absolute Gasteiger partial charge is 0.335 e. The minimum atomic E-state index is -3.83. The standard InChI is InChI=1S/C25H24N4O6S/c1-4-35-20-7-5-6-19(14-20)29-24(31)22(23(30)27-25(29)32)13-17-12-15(2)28(16(17)3)18-8-10-21(11-9-18)36(26,33)34/h5-14H,4H2,1-3H3,(H2,26,33,34)(H,27,30,32)/b22-13+. The second-order valence-corrected chi connectivity index (χ2v) is 9.65. The molecule has 3 aromatic rings. The van der Waals surface area contributed by atoms with Crippen LogP contribution in [0.5, 0.6) is 5.75 Å². The molecule has 0 unspecified atom stereocenters. The van der Waals surface area contributed by atoms with Crippen molar-refractivity contribution in [2.75, 3.05) is 11.5 Å². The van der Waals surface area contributed by atoms with Crippen molar-refractivity contribution in [1.29, 1.82) is 0 Å². The molecule has 3 N–H and O–H groups in total. The molecule has 0 aliphatic carbocycles. The van der Waals surface area contributed by atoms with Gasteiger partial charge in [-0.25, -0.2) is 23.3 Å². The number of hydrogen-bond acceptors (Lipinski definition) is 6. The minimum absolute atomic E-state index is 0.0151. The Morgan fingerprint density at radius 1 is 1.00 bits per heavy atom. The predicted molar refractivity (Wildman–Crippen MR) is 133 cm³/mol. The van der Waals surface area contributed by atoms with E-state index in [0.717, 1.165) is 10.6 Å². The van der Waals surface area contributed by atoms with Crippen molar-refractivity contribution in [2.45, 2.75) is 25.7 Å². The highest BCUT2D eigenvalue weighted by atomic mass is 32.2. The van der Waals surface area contributed by atoms with Crippen molar-refractivity contribution in [2.24, 2.45) is 5.14 Å². The van der Waals surface area contributed by atoms with E-state index in [4.69, 9.17) is 9.88 Å². The Kier molecular flexibility index (Phi) is 6.53. The number of urea groups is 1. The third kappa shape index (κ3) is 4.66. The van der Waals surface area contributed by atoms with Gasteiger partial charge in [-0.05, 0) is 74.9 Å². The summed E-state index contributed by atoms with van der Waals surface area (Å²) in [6, 6.07) is 13.4. The van der Waals surface area contributed by atoms with Crippen LogP contribution in [-0.2, 0) is 19.6 Å². The van der Waals surface area contributed by atoms with Crippen LogP contribution in [0.15, 0.2) is 65.1 Å². The molecule has 2 aromatic carbocycles. The number of primary sulfonamides is 1. The van der Waals surface area contributed by atoms with Gasteiger partial charge in [0.15, 0.2) is 0 Å². The van der Waals surface area contributed by atoms with Crippen molar-refractivity contribution in [3.8, 4) is 11.4 Å². The van der Waals surface area contributed by atoms with Gasteiger partial charge < -0.3 is 9.30 Å². The van der Waals surface area contributed by atoms with Gasteiger partial charge in [0.2, 0.25) is 10.0 Å². The fourth-order valence-electron chi connectivity index (χ4n) is 4.04. The van der Waals surface area contributed by atoms with E-state index >= 15 is 0 Å². The number of benzene rings is 2. The first-order valence-electron chi connectivity index (χ1n) is 11.0. The molecule has 186 valence electrons. The zero-order valence-electron chi connectivity index (χ0n) is 19.8. The summed E-state index contributed by atoms with van der Waals surface area (Å²) in [6.07, 6.45) is 1.43. The molecule has 1 aromatic heterocycles. The maximum atomic E-state index is 13.3. The second kappa shape index (κ2) is 9.44. The number of sulfonamides is 1. The Balaban J connectivity index is 1.72. The van der Waals surface area contributed by atoms with Crippen molar-refractivity contribution in [3.63, 3.8) is 0 Å². The first-order valence-corrected chi connectivity index (χ1v) is 12.5. The van der Waals surface area contributed by atoms with Crippen LogP contribution in [0.2, 0.25) is 0 Å². The number of carbonyl (C=O) groups is 3. The van der Waals surface area contributed by atoms with E-state index in [2.05, 4.69) is 5.32 Å². The molecule has 4 amide bonds. The molecule has 11 heteroatoms. The van der Waals surface area contributed by atoms with Crippen LogP contribution in [0.1, 0.15) is 23.9 Å². The normalized spacial score (nSPS) is 15.4. The van der Waals surface area contributed by atoms with Gasteiger partial charge in [0.25, 0.3) is 11.8 Å². The molecule has 1 saturated heterocycles. The largest absolute Gasteiger partial charge is 0.494 e. The summed E-state index contributed by atoms with van der Waals surface area (Å²) in [4.78, 5) is 39.3. The maximum absolute atomic E-state index is 13.3. The zero-order valence-corrected chi connectivity index (χ0v) is 20.6. The predicted octanol–water partition coefficient (Wildman–Crippen LogP) is 2.81. The Hall–Kier alpha value is -4.22. The van der Waals surface area contributed by atoms with E-state index in [9.17, 15) is 22.8 Å². The number of carbonyl (C=O) groups excluding carboxylic acids is 3. The van der Waals surface area contributed by atoms with E-state index in [0.29, 0.717) is 29.3 Å². The number of nitrogens with one attached hydrogen (secondary N) is 1. The number of ether oxygens (including phenoxy) is 1. The third-order valence-corrected chi connectivity index (χ3v) is 6.61. The molecule has 36 heavy (non-hydrogen) atoms. The Morgan fingerprint density at radius 3 is 2.33 bits per heavy atom. The maximum Gasteiger partial charge on any atom is 0.335 e. The highest BCUT2D eigenvalue weighted by Gasteiger charge is 2.37. The van der Waals surface area contributed by atoms with Gasteiger partial charge in [-0.3, -0.25) is 14.9 Å². The molecular weight excluding hydrogens is 484 g/mol. The van der Waals surface area contributed by atoms with Gasteiger partial charge in [0.05, 0.1) is 17.2 Å². The lowest BCUT2D eigenvalue weighted by atomic mass is 10.1. The number of barbiturate groups is 1. The first-order chi connectivity index (χ1) is 17.0. The Labute approximate surface area is 208 Å². The van der Waals surface area contributed by atoms with Crippen LogP contribution in [0.3, 0.4) is 0 Å². The zero-order chi connectivity index (χ0) is 26.2. The minimum Gasteiger partial charge on any atom is -0.494 e. The number of nitrogens with zero attached hydrogens (tertiary/aromatic N) is 2. The monoisotopic (exact) mass is 508 g/mol. The lowest BCUT2D eigenvalue weighted by Crippen LogP contribution is -2.54. The fraction of sp³-hybridized carbons (Fsp3) is 0.160. The van der Waals surface area contributed by atoms with Gasteiger partial charge in [-0.1, -0.05) is 6.07 Å². The van der Waals surface area contributed by atoms with E-state index in [1.54, 1.807) is 49.4 Å². The lowest BCUT2D eigenvalue weighted by Gasteiger charge is -2.26. The van der Waals surface area contributed by atoms with Crippen LogP contribution in [0.25, 0.3) is 11.8 Å². The first kappa shape index (κ1) is 24.9. The lowest BCUT2D eigenvalue weighted by molar-refractivity contribution is -0.122. The molecule has 0 bridgehead atoms. The number of nitrogens with two attached hydrogens (primary N) is 1. The molecule has 1 aliphatic heterocycles. The third-order valence-electron chi connectivity index (χ3n) is 5.68. The SMILES string of the molecule is CCOc1cccc(N2C(=O)NC(=O)/C(=C\c3cc(C)n(-c4ccc(S(N)(=O)=O)cc4)c3C)C2=O)c1. The molecule has 0 atom stereocenters. The summed E-state index contributed by atoms with van der Waals surface area (Å²) in [5.41, 5.74) is 2.79. The average molecular weight is 509 g/mol. The number of hydrogen-bond donors (Lipinski definition) is 2. The van der Waals surface area contributed by atoms with E-state index in [1.165, 1.54) is 18.2 Å². The van der Waals surface area contributed by atoms with E-state index < -0.39 is 27.9 Å². The quantitative estimate of drug-likeness (QED) is 0.388. The van der Waals surface area contributed by atoms with Gasteiger partial charge in [0.1, 0.15) is 11.3 Å². The summed E-state index contributed by atoms with van der Waals surface area (Å²) < 4.78 is 30.4. The molecule has 10 nitrogen and oxygen atoms in total. The van der Waals surface area contributed by atoms with Crippen LogP contribution in [-0.4, -0.2) is 37.4 Å². The van der Waals surface area contributed by atoms with Crippen molar-refractivity contribution in [3.05, 3.63) is 77.1 Å². The van der Waals surface area contributed by atoms with Gasteiger partial charge in [0, 0.05) is 23.1 Å². The summed E-state index contributed by atoms with van der Waals surface area (Å²) in [6.45, 7) is 5.86. The highest BCUT2D eigenvalue weighted by Crippen LogP contribution is 2.28. The van der Waals surface area contributed by atoms with E-state index in [-0.39, 0.29) is 16.2 Å². The van der Waals surface area contributed by atoms with Gasteiger partial charge in [-0.15, -0.1) is 0 Å². The Morgan fingerprint density at radius 2 is 1.69 bits per heavy atom. The molecule has 4 rings (SSSR count). The molecule has 1 aliphatic rings. The van der Waals surface area contributed by atoms with Crippen molar-refractivity contribution >= 4 is 39.6 Å². The summed E-state index contributed by atoms with van der Waals surface area (Å²) in [7, 11) is -3.83. The number of imide groups is 2. The van der Waals surface area contributed by atoms with Crippen molar-refractivity contribution in [1.82, 2.24) is 9.88 Å². The average Bonchev–Trinajstić information content (AvgIpc) is 3.09. The molecule has 1 fully saturated rings. The van der Waals surface area contributed by atoms with E-state index in [1.807, 2.05) is 18.4 Å². The number of rotatable bonds is 6. The van der Waals surface area contributed by atoms with Crippen LogP contribution < -0.4 is 20.1 Å². The summed E-state index contributed by atoms with van der Waals surface area (Å²) in [5, 5.41) is 7.39. The Bertz CT molecular complexity index is 1520. The summed E-state index contributed by atoms with van der Waals surface area (Å²) in [5.74, 6) is -1.08. The molecule has 2 heterocycles. The van der Waals surface area contributed by atoms with Gasteiger partial charge >= 0.3 is 6.03 Å². The molecule has 0 spiro atoms.